The number of hydrogen-bond acceptors (Lipinski definition) is 2. The molecular weight excluding hydrogens is 184 g/mol. The minimum Gasteiger partial charge on any atom is -0.377 e. The number of nitrogens with one attached hydrogen (secondary N) is 2. The SMILES string of the molecule is CC(C)OCCNC(=S)NC1CC1. The summed E-state index contributed by atoms with van der Waals surface area (Å²) in [6.07, 6.45) is 2.81. The number of ether oxygens (including phenoxy) is 1. The van der Waals surface area contributed by atoms with E-state index in [1.165, 1.54) is 12.8 Å². The molecule has 13 heavy (non-hydrogen) atoms. The van der Waals surface area contributed by atoms with E-state index in [1.54, 1.807) is 0 Å². The maximum absolute atomic E-state index is 5.36. The fraction of sp³-hybridized carbons (Fsp3) is 0.889. The highest BCUT2D eigenvalue weighted by atomic mass is 32.1. The van der Waals surface area contributed by atoms with Gasteiger partial charge in [0.05, 0.1) is 12.7 Å². The fourth-order valence-electron chi connectivity index (χ4n) is 0.923. The molecule has 0 aromatic carbocycles. The third kappa shape index (κ3) is 5.82. The Kier molecular flexibility index (Phi) is 4.45. The van der Waals surface area contributed by atoms with Gasteiger partial charge in [-0.05, 0) is 38.9 Å². The van der Waals surface area contributed by atoms with Gasteiger partial charge in [-0.1, -0.05) is 0 Å². The zero-order valence-corrected chi connectivity index (χ0v) is 9.12. The van der Waals surface area contributed by atoms with Crippen LogP contribution in [0.15, 0.2) is 0 Å². The van der Waals surface area contributed by atoms with Crippen LogP contribution in [0.4, 0.5) is 0 Å². The van der Waals surface area contributed by atoms with Gasteiger partial charge in [-0.3, -0.25) is 0 Å². The molecule has 0 aromatic rings. The predicted molar refractivity (Wildman–Crippen MR) is 57.8 cm³/mol. The quantitative estimate of drug-likeness (QED) is 0.515. The minimum atomic E-state index is 0.298. The van der Waals surface area contributed by atoms with Gasteiger partial charge in [0.15, 0.2) is 5.11 Å². The van der Waals surface area contributed by atoms with Crippen LogP contribution in [0.2, 0.25) is 0 Å². The number of hydrogen-bond donors (Lipinski definition) is 2. The average molecular weight is 202 g/mol. The van der Waals surface area contributed by atoms with Crippen molar-refractivity contribution in [2.75, 3.05) is 13.2 Å². The van der Waals surface area contributed by atoms with Crippen molar-refractivity contribution >= 4 is 17.3 Å². The first kappa shape index (κ1) is 10.7. The maximum Gasteiger partial charge on any atom is 0.166 e. The summed E-state index contributed by atoms with van der Waals surface area (Å²) >= 11 is 5.07. The monoisotopic (exact) mass is 202 g/mol. The van der Waals surface area contributed by atoms with Gasteiger partial charge in [0.25, 0.3) is 0 Å². The van der Waals surface area contributed by atoms with Crippen LogP contribution in [0.3, 0.4) is 0 Å². The number of thiocarbonyl (C=S) groups is 1. The summed E-state index contributed by atoms with van der Waals surface area (Å²) < 4.78 is 5.36. The standard InChI is InChI=1S/C9H18N2OS/c1-7(2)12-6-5-10-9(13)11-8-3-4-8/h7-8H,3-6H2,1-2H3,(H2,10,11,13). The van der Waals surface area contributed by atoms with E-state index < -0.39 is 0 Å². The first-order valence-corrected chi connectivity index (χ1v) is 5.25. The molecule has 0 atom stereocenters. The Bertz CT molecular complexity index is 169. The average Bonchev–Trinajstić information content (AvgIpc) is 2.81. The first-order valence-electron chi connectivity index (χ1n) is 4.84. The predicted octanol–water partition coefficient (Wildman–Crippen LogP) is 1.04. The summed E-state index contributed by atoms with van der Waals surface area (Å²) in [7, 11) is 0. The zero-order chi connectivity index (χ0) is 9.68. The van der Waals surface area contributed by atoms with Crippen LogP contribution in [0.25, 0.3) is 0 Å². The van der Waals surface area contributed by atoms with Gasteiger partial charge in [0, 0.05) is 12.6 Å². The molecule has 1 saturated carbocycles. The summed E-state index contributed by atoms with van der Waals surface area (Å²) in [5, 5.41) is 7.07. The molecule has 0 heterocycles. The minimum absolute atomic E-state index is 0.298. The molecule has 0 bridgehead atoms. The zero-order valence-electron chi connectivity index (χ0n) is 8.30. The second-order valence-electron chi connectivity index (χ2n) is 3.59. The second-order valence-corrected chi connectivity index (χ2v) is 4.00. The lowest BCUT2D eigenvalue weighted by molar-refractivity contribution is 0.0830. The summed E-state index contributed by atoms with van der Waals surface area (Å²) in [4.78, 5) is 0. The van der Waals surface area contributed by atoms with Crippen molar-refractivity contribution in [1.29, 1.82) is 0 Å². The lowest BCUT2D eigenvalue weighted by Crippen LogP contribution is -2.38. The van der Waals surface area contributed by atoms with Crippen molar-refractivity contribution < 1.29 is 4.74 Å². The summed E-state index contributed by atoms with van der Waals surface area (Å²) in [6, 6.07) is 0.631. The van der Waals surface area contributed by atoms with Gasteiger partial charge in [0.2, 0.25) is 0 Å². The van der Waals surface area contributed by atoms with E-state index in [1.807, 2.05) is 13.8 Å². The van der Waals surface area contributed by atoms with Crippen molar-refractivity contribution in [2.24, 2.45) is 0 Å². The Balaban J connectivity index is 1.89. The van der Waals surface area contributed by atoms with Gasteiger partial charge >= 0.3 is 0 Å². The van der Waals surface area contributed by atoms with Crippen LogP contribution in [-0.2, 0) is 4.74 Å². The van der Waals surface area contributed by atoms with Gasteiger partial charge in [0.1, 0.15) is 0 Å². The van der Waals surface area contributed by atoms with Gasteiger partial charge in [-0.15, -0.1) is 0 Å². The van der Waals surface area contributed by atoms with E-state index in [-0.39, 0.29) is 0 Å². The summed E-state index contributed by atoms with van der Waals surface area (Å²) in [5.74, 6) is 0. The van der Waals surface area contributed by atoms with E-state index in [2.05, 4.69) is 10.6 Å². The van der Waals surface area contributed by atoms with Crippen LogP contribution in [-0.4, -0.2) is 30.4 Å². The van der Waals surface area contributed by atoms with Crippen molar-refractivity contribution in [3.8, 4) is 0 Å². The molecule has 0 unspecified atom stereocenters. The van der Waals surface area contributed by atoms with Crippen LogP contribution >= 0.6 is 12.2 Å². The molecule has 4 heteroatoms. The van der Waals surface area contributed by atoms with E-state index in [0.29, 0.717) is 18.8 Å². The molecule has 0 spiro atoms. The highest BCUT2D eigenvalue weighted by Gasteiger charge is 2.21. The Labute approximate surface area is 85.2 Å². The molecule has 76 valence electrons. The lowest BCUT2D eigenvalue weighted by Gasteiger charge is -2.11. The number of rotatable bonds is 5. The van der Waals surface area contributed by atoms with Crippen LogP contribution in [0, 0.1) is 0 Å². The van der Waals surface area contributed by atoms with Crippen LogP contribution < -0.4 is 10.6 Å². The summed E-state index contributed by atoms with van der Waals surface area (Å²) in [5.41, 5.74) is 0. The Morgan fingerprint density at radius 1 is 1.54 bits per heavy atom. The summed E-state index contributed by atoms with van der Waals surface area (Å²) in [6.45, 7) is 5.56. The van der Waals surface area contributed by atoms with Gasteiger partial charge in [-0.25, -0.2) is 0 Å². The Morgan fingerprint density at radius 3 is 2.77 bits per heavy atom. The Morgan fingerprint density at radius 2 is 2.23 bits per heavy atom. The molecule has 0 aromatic heterocycles. The molecular formula is C9H18N2OS. The Hall–Kier alpha value is -0.350. The van der Waals surface area contributed by atoms with Crippen molar-refractivity contribution in [2.45, 2.75) is 38.8 Å². The highest BCUT2D eigenvalue weighted by Crippen LogP contribution is 2.18. The van der Waals surface area contributed by atoms with E-state index >= 15 is 0 Å². The molecule has 0 aliphatic heterocycles. The maximum atomic E-state index is 5.36. The third-order valence-electron chi connectivity index (χ3n) is 1.75. The largest absolute Gasteiger partial charge is 0.377 e. The molecule has 1 fully saturated rings. The molecule has 1 aliphatic carbocycles. The first-order chi connectivity index (χ1) is 6.18. The second kappa shape index (κ2) is 5.40. The fourth-order valence-corrected chi connectivity index (χ4v) is 1.19. The molecule has 1 aliphatic rings. The van der Waals surface area contributed by atoms with Crippen molar-refractivity contribution in [3.05, 3.63) is 0 Å². The van der Waals surface area contributed by atoms with Crippen molar-refractivity contribution in [3.63, 3.8) is 0 Å². The van der Waals surface area contributed by atoms with E-state index in [4.69, 9.17) is 17.0 Å². The van der Waals surface area contributed by atoms with Crippen LogP contribution in [0.1, 0.15) is 26.7 Å². The van der Waals surface area contributed by atoms with Crippen LogP contribution in [0.5, 0.6) is 0 Å². The lowest BCUT2D eigenvalue weighted by atomic mass is 10.5. The van der Waals surface area contributed by atoms with E-state index in [9.17, 15) is 0 Å². The highest BCUT2D eigenvalue weighted by molar-refractivity contribution is 7.80. The van der Waals surface area contributed by atoms with Crippen molar-refractivity contribution in [1.82, 2.24) is 10.6 Å². The topological polar surface area (TPSA) is 33.3 Å². The van der Waals surface area contributed by atoms with Gasteiger partial charge < -0.3 is 15.4 Å². The molecule has 2 N–H and O–H groups in total. The molecule has 0 saturated heterocycles. The molecule has 1 rings (SSSR count). The molecule has 0 radical (unpaired) electrons. The molecule has 0 amide bonds. The van der Waals surface area contributed by atoms with Gasteiger partial charge in [-0.2, -0.15) is 0 Å². The smallest absolute Gasteiger partial charge is 0.166 e. The van der Waals surface area contributed by atoms with E-state index in [0.717, 1.165) is 11.7 Å². The third-order valence-corrected chi connectivity index (χ3v) is 2.01. The normalized spacial score (nSPS) is 15.9. The molecule has 3 nitrogen and oxygen atoms in total.